The highest BCUT2D eigenvalue weighted by Gasteiger charge is 2.26. The van der Waals surface area contributed by atoms with Gasteiger partial charge in [0.15, 0.2) is 23.3 Å². The van der Waals surface area contributed by atoms with Crippen molar-refractivity contribution < 1.29 is 19.4 Å². The van der Waals surface area contributed by atoms with Gasteiger partial charge in [0.05, 0.1) is 6.10 Å². The van der Waals surface area contributed by atoms with Gasteiger partial charge in [-0.15, -0.1) is 0 Å². The number of nitrogens with zero attached hydrogens (tertiary/aromatic N) is 2. The molecule has 2 heterocycles. The molecule has 0 aliphatic heterocycles. The molecule has 7 heteroatoms. The second kappa shape index (κ2) is 6.69. The highest BCUT2D eigenvalue weighted by atomic mass is 16.4. The van der Waals surface area contributed by atoms with E-state index in [4.69, 9.17) is 4.42 Å². The molecule has 0 saturated carbocycles. The zero-order valence-corrected chi connectivity index (χ0v) is 14.5. The van der Waals surface area contributed by atoms with Gasteiger partial charge in [-0.05, 0) is 19.1 Å². The number of rotatable bonds is 5. The van der Waals surface area contributed by atoms with Crippen LogP contribution in [-0.4, -0.2) is 38.3 Å². The van der Waals surface area contributed by atoms with Crippen LogP contribution in [0.15, 0.2) is 59.0 Å². The molecule has 3 N–H and O–H groups in total. The van der Waals surface area contributed by atoms with Crippen molar-refractivity contribution in [2.24, 2.45) is 0 Å². The molecule has 0 spiro atoms. The molecule has 2 atom stereocenters. The van der Waals surface area contributed by atoms with Crippen molar-refractivity contribution in [3.63, 3.8) is 0 Å². The van der Waals surface area contributed by atoms with Gasteiger partial charge in [-0.2, -0.15) is 0 Å². The lowest BCUT2D eigenvalue weighted by molar-refractivity contribution is -0.140. The summed E-state index contributed by atoms with van der Waals surface area (Å²) in [5.41, 5.74) is 2.34. The maximum absolute atomic E-state index is 11.5. The Morgan fingerprint density at radius 2 is 1.78 bits per heavy atom. The van der Waals surface area contributed by atoms with E-state index >= 15 is 0 Å². The first-order chi connectivity index (χ1) is 13.0. The smallest absolute Gasteiger partial charge is 0.328 e. The fraction of sp³-hybridized carbons (Fsp3) is 0.150. The van der Waals surface area contributed by atoms with E-state index in [1.54, 1.807) is 0 Å². The van der Waals surface area contributed by atoms with Gasteiger partial charge in [0.2, 0.25) is 0 Å². The summed E-state index contributed by atoms with van der Waals surface area (Å²) < 4.78 is 5.87. The molecule has 0 aliphatic carbocycles. The molecule has 0 saturated heterocycles. The first-order valence-corrected chi connectivity index (χ1v) is 8.46. The number of aromatic nitrogens is 2. The van der Waals surface area contributed by atoms with Gasteiger partial charge in [0.25, 0.3) is 0 Å². The molecule has 2 aromatic carbocycles. The van der Waals surface area contributed by atoms with E-state index in [0.717, 1.165) is 10.9 Å². The number of carbonyl (C=O) groups is 1. The molecule has 27 heavy (non-hydrogen) atoms. The van der Waals surface area contributed by atoms with E-state index in [9.17, 15) is 15.0 Å². The summed E-state index contributed by atoms with van der Waals surface area (Å²) in [4.78, 5) is 20.6. The Kier molecular flexibility index (Phi) is 4.21. The van der Waals surface area contributed by atoms with Crippen molar-refractivity contribution in [3.05, 3.63) is 54.6 Å². The second-order valence-corrected chi connectivity index (χ2v) is 6.24. The molecule has 7 nitrogen and oxygen atoms in total. The molecule has 136 valence electrons. The van der Waals surface area contributed by atoms with Gasteiger partial charge in [-0.3, -0.25) is 0 Å². The zero-order valence-electron chi connectivity index (χ0n) is 14.5. The van der Waals surface area contributed by atoms with Crippen molar-refractivity contribution in [1.82, 2.24) is 9.97 Å². The number of aliphatic carboxylic acids is 1. The Bertz CT molecular complexity index is 1120. The predicted molar refractivity (Wildman–Crippen MR) is 101 cm³/mol. The Labute approximate surface area is 154 Å². The number of hydrogen-bond acceptors (Lipinski definition) is 6. The van der Waals surface area contributed by atoms with Crippen LogP contribution in [0.25, 0.3) is 33.5 Å². The van der Waals surface area contributed by atoms with Crippen LogP contribution in [0.4, 0.5) is 5.82 Å². The minimum Gasteiger partial charge on any atom is -0.480 e. The predicted octanol–water partition coefficient (Wildman–Crippen LogP) is 3.29. The Morgan fingerprint density at radius 3 is 2.48 bits per heavy atom. The number of furan rings is 1. The number of aliphatic hydroxyl groups is 1. The number of anilines is 1. The van der Waals surface area contributed by atoms with Crippen LogP contribution in [0, 0.1) is 0 Å². The number of nitrogens with one attached hydrogen (secondary N) is 1. The molecule has 4 aromatic rings. The fourth-order valence-electron chi connectivity index (χ4n) is 2.94. The zero-order chi connectivity index (χ0) is 19.0. The number of carboxylic acids is 1. The van der Waals surface area contributed by atoms with Crippen LogP contribution < -0.4 is 5.32 Å². The van der Waals surface area contributed by atoms with Gasteiger partial charge < -0.3 is 19.9 Å². The summed E-state index contributed by atoms with van der Waals surface area (Å²) in [7, 11) is 0. The number of benzene rings is 2. The number of aliphatic hydroxyl groups excluding tert-OH is 1. The quantitative estimate of drug-likeness (QED) is 0.499. The lowest BCUT2D eigenvalue weighted by Crippen LogP contribution is -2.39. The van der Waals surface area contributed by atoms with Crippen LogP contribution in [0.5, 0.6) is 0 Å². The highest BCUT2D eigenvalue weighted by molar-refractivity contribution is 6.06. The van der Waals surface area contributed by atoms with E-state index in [-0.39, 0.29) is 5.82 Å². The number of fused-ring (bicyclic) bond motifs is 3. The van der Waals surface area contributed by atoms with Crippen LogP contribution in [-0.2, 0) is 4.79 Å². The first-order valence-electron chi connectivity index (χ1n) is 8.46. The minimum atomic E-state index is -1.24. The van der Waals surface area contributed by atoms with Crippen LogP contribution in [0.3, 0.4) is 0 Å². The molecule has 0 radical (unpaired) electrons. The molecule has 0 amide bonds. The summed E-state index contributed by atoms with van der Waals surface area (Å²) in [5.74, 6) is -0.524. The molecule has 0 fully saturated rings. The summed E-state index contributed by atoms with van der Waals surface area (Å²) in [6, 6.07) is 15.6. The number of para-hydroxylation sites is 1. The highest BCUT2D eigenvalue weighted by Crippen LogP contribution is 2.33. The first kappa shape index (κ1) is 17.0. The maximum Gasteiger partial charge on any atom is 0.328 e. The van der Waals surface area contributed by atoms with Crippen molar-refractivity contribution in [2.75, 3.05) is 5.32 Å². The van der Waals surface area contributed by atoms with Gasteiger partial charge in [0, 0.05) is 10.9 Å². The largest absolute Gasteiger partial charge is 0.480 e. The summed E-state index contributed by atoms with van der Waals surface area (Å²) in [6.07, 6.45) is -1.13. The maximum atomic E-state index is 11.5. The molecule has 1 unspecified atom stereocenters. The average molecular weight is 363 g/mol. The van der Waals surface area contributed by atoms with E-state index in [1.807, 2.05) is 54.6 Å². The standard InChI is InChI=1S/C20H17N3O4/c1-11(24)15(20(25)26)21-19-17-16(13-9-5-6-10-14(13)27-17)22-18(23-19)12-7-3-2-4-8-12/h2-11,15,24H,1H3,(H,25,26)(H,21,22,23)/t11?,15-/m1/s1. The molecular formula is C20H17N3O4. The number of hydrogen-bond donors (Lipinski definition) is 3. The minimum absolute atomic E-state index is 0.225. The Balaban J connectivity index is 1.96. The van der Waals surface area contributed by atoms with Crippen LogP contribution >= 0.6 is 0 Å². The van der Waals surface area contributed by atoms with Crippen molar-refractivity contribution in [3.8, 4) is 11.4 Å². The second-order valence-electron chi connectivity index (χ2n) is 6.24. The van der Waals surface area contributed by atoms with E-state index in [0.29, 0.717) is 22.5 Å². The molecule has 2 aromatic heterocycles. The lowest BCUT2D eigenvalue weighted by atomic mass is 10.1. The van der Waals surface area contributed by atoms with E-state index in [1.165, 1.54) is 6.92 Å². The SMILES string of the molecule is CC(O)[C@@H](Nc1nc(-c2ccccc2)nc2c1oc1ccccc12)C(=O)O. The van der Waals surface area contributed by atoms with Gasteiger partial charge in [-0.25, -0.2) is 14.8 Å². The molecule has 0 bridgehead atoms. The normalized spacial score (nSPS) is 13.6. The summed E-state index contributed by atoms with van der Waals surface area (Å²) in [5, 5.41) is 22.8. The summed E-state index contributed by atoms with van der Waals surface area (Å²) >= 11 is 0. The average Bonchev–Trinajstić information content (AvgIpc) is 3.05. The van der Waals surface area contributed by atoms with E-state index in [2.05, 4.69) is 15.3 Å². The topological polar surface area (TPSA) is 108 Å². The molecular weight excluding hydrogens is 346 g/mol. The summed E-state index contributed by atoms with van der Waals surface area (Å²) in [6.45, 7) is 1.40. The van der Waals surface area contributed by atoms with Crippen LogP contribution in [0.1, 0.15) is 6.92 Å². The number of carboxylic acid groups (broad SMARTS) is 1. The third kappa shape index (κ3) is 3.09. The third-order valence-corrected chi connectivity index (χ3v) is 4.29. The van der Waals surface area contributed by atoms with Crippen molar-refractivity contribution >= 4 is 33.9 Å². The fourth-order valence-corrected chi connectivity index (χ4v) is 2.94. The van der Waals surface area contributed by atoms with E-state index < -0.39 is 18.1 Å². The van der Waals surface area contributed by atoms with Gasteiger partial charge >= 0.3 is 5.97 Å². The van der Waals surface area contributed by atoms with Gasteiger partial charge in [-0.1, -0.05) is 42.5 Å². The molecule has 4 rings (SSSR count). The van der Waals surface area contributed by atoms with Crippen molar-refractivity contribution in [1.29, 1.82) is 0 Å². The van der Waals surface area contributed by atoms with Crippen LogP contribution in [0.2, 0.25) is 0 Å². The monoisotopic (exact) mass is 363 g/mol. The molecule has 0 aliphatic rings. The van der Waals surface area contributed by atoms with Gasteiger partial charge in [0.1, 0.15) is 11.1 Å². The third-order valence-electron chi connectivity index (χ3n) is 4.29. The van der Waals surface area contributed by atoms with Crippen molar-refractivity contribution in [2.45, 2.75) is 19.1 Å². The lowest BCUT2D eigenvalue weighted by Gasteiger charge is -2.18. The Morgan fingerprint density at radius 1 is 1.07 bits per heavy atom. The Hall–Kier alpha value is -3.45.